The molecule has 39 heavy (non-hydrogen) atoms. The summed E-state index contributed by atoms with van der Waals surface area (Å²) in [6.45, 7) is 14.5. The van der Waals surface area contributed by atoms with Crippen LogP contribution in [0.1, 0.15) is 11.1 Å². The van der Waals surface area contributed by atoms with Crippen LogP contribution in [0.4, 0.5) is 17.1 Å². The van der Waals surface area contributed by atoms with E-state index in [9.17, 15) is 0 Å². The average molecular weight is 538 g/mol. The maximum absolute atomic E-state index is 2.64. The van der Waals surface area contributed by atoms with Gasteiger partial charge in [0.05, 0.1) is 0 Å². The van der Waals surface area contributed by atoms with Crippen molar-refractivity contribution in [3.8, 4) is 22.3 Å². The van der Waals surface area contributed by atoms with E-state index in [0.717, 1.165) is 0 Å². The van der Waals surface area contributed by atoms with Crippen LogP contribution in [-0.4, -0.2) is 16.1 Å². The molecule has 0 bridgehead atoms. The Morgan fingerprint density at radius 1 is 0.410 bits per heavy atom. The highest BCUT2D eigenvalue weighted by Crippen LogP contribution is 2.39. The number of hydrogen-bond donors (Lipinski definition) is 0. The van der Waals surface area contributed by atoms with Gasteiger partial charge < -0.3 is 4.90 Å². The number of nitrogens with zero attached hydrogens (tertiary/aromatic N) is 1. The fourth-order valence-corrected chi connectivity index (χ4v) is 13.2. The second-order valence-electron chi connectivity index (χ2n) is 12.5. The minimum atomic E-state index is -1.89. The molecule has 7 rings (SSSR count). The number of fused-ring (bicyclic) bond motifs is 6. The molecule has 0 unspecified atom stereocenters. The van der Waals surface area contributed by atoms with Crippen LogP contribution in [0, 0.1) is 13.8 Å². The summed E-state index contributed by atoms with van der Waals surface area (Å²) in [5.41, 5.74) is 12.0. The van der Waals surface area contributed by atoms with Gasteiger partial charge >= 0.3 is 0 Å². The van der Waals surface area contributed by atoms with Crippen molar-refractivity contribution in [1.82, 2.24) is 0 Å². The third kappa shape index (κ3) is 3.57. The minimum Gasteiger partial charge on any atom is -0.311 e. The zero-order valence-electron chi connectivity index (χ0n) is 23.8. The van der Waals surface area contributed by atoms with Gasteiger partial charge in [0, 0.05) is 17.1 Å². The van der Waals surface area contributed by atoms with E-state index in [0.29, 0.717) is 0 Å². The summed E-state index contributed by atoms with van der Waals surface area (Å²) >= 11 is 0. The molecule has 0 aromatic heterocycles. The third-order valence-corrected chi connectivity index (χ3v) is 16.3. The molecule has 0 N–H and O–H groups in total. The summed E-state index contributed by atoms with van der Waals surface area (Å²) < 4.78 is 0. The standard InChI is InChI=1S/C36H35NSi2/c1-24-11-15-26(16-12-24)37(27-17-13-25(2)14-18-27)28-19-20-30-32-22-31-29-9-7-8-10-33(29)38(3,4)35(31)23-36(32)39(5,6)34(30)21-28/h7-23H,1-6H3. The van der Waals surface area contributed by atoms with Gasteiger partial charge in [-0.3, -0.25) is 0 Å². The molecule has 0 saturated heterocycles. The fourth-order valence-electron chi connectivity index (χ4n) is 6.89. The average Bonchev–Trinajstić information content (AvgIpc) is 3.29. The van der Waals surface area contributed by atoms with Crippen molar-refractivity contribution in [2.75, 3.05) is 4.90 Å². The Kier molecular flexibility index (Phi) is 5.26. The molecule has 2 heterocycles. The molecule has 0 amide bonds. The van der Waals surface area contributed by atoms with Crippen LogP contribution in [-0.2, 0) is 0 Å². The van der Waals surface area contributed by atoms with E-state index in [1.165, 1.54) is 50.4 Å². The van der Waals surface area contributed by atoms with Crippen LogP contribution in [0.3, 0.4) is 0 Å². The summed E-state index contributed by atoms with van der Waals surface area (Å²) in [7, 11) is -3.59. The van der Waals surface area contributed by atoms with E-state index >= 15 is 0 Å². The largest absolute Gasteiger partial charge is 0.311 e. The lowest BCUT2D eigenvalue weighted by atomic mass is 9.99. The van der Waals surface area contributed by atoms with Gasteiger partial charge in [-0.25, -0.2) is 0 Å². The Morgan fingerprint density at radius 2 is 0.872 bits per heavy atom. The molecule has 0 atom stereocenters. The number of hydrogen-bond acceptors (Lipinski definition) is 1. The molecule has 0 saturated carbocycles. The Bertz CT molecular complexity index is 1720. The Morgan fingerprint density at radius 3 is 1.46 bits per heavy atom. The highest BCUT2D eigenvalue weighted by Gasteiger charge is 2.43. The highest BCUT2D eigenvalue weighted by molar-refractivity contribution is 7.06. The van der Waals surface area contributed by atoms with Crippen LogP contribution in [0.25, 0.3) is 22.3 Å². The van der Waals surface area contributed by atoms with Crippen molar-refractivity contribution in [1.29, 1.82) is 0 Å². The molecule has 5 aromatic carbocycles. The molecule has 192 valence electrons. The number of anilines is 3. The highest BCUT2D eigenvalue weighted by atomic mass is 28.3. The minimum absolute atomic E-state index is 1.20. The Hall–Kier alpha value is -3.67. The summed E-state index contributed by atoms with van der Waals surface area (Å²) in [6, 6.07) is 39.4. The lowest BCUT2D eigenvalue weighted by Crippen LogP contribution is -2.54. The summed E-state index contributed by atoms with van der Waals surface area (Å²) in [6.07, 6.45) is 0. The number of benzene rings is 5. The monoisotopic (exact) mass is 537 g/mol. The van der Waals surface area contributed by atoms with Crippen LogP contribution in [0.5, 0.6) is 0 Å². The molecule has 2 aliphatic heterocycles. The van der Waals surface area contributed by atoms with Gasteiger partial charge in [0.15, 0.2) is 0 Å². The van der Waals surface area contributed by atoms with Gasteiger partial charge in [0.25, 0.3) is 0 Å². The zero-order valence-corrected chi connectivity index (χ0v) is 25.8. The van der Waals surface area contributed by atoms with Crippen LogP contribution in [0.2, 0.25) is 26.2 Å². The van der Waals surface area contributed by atoms with Crippen molar-refractivity contribution in [3.63, 3.8) is 0 Å². The number of aryl methyl sites for hydroxylation is 2. The predicted octanol–water partition coefficient (Wildman–Crippen LogP) is 7.38. The van der Waals surface area contributed by atoms with E-state index in [4.69, 9.17) is 0 Å². The number of rotatable bonds is 3. The molecule has 0 aliphatic carbocycles. The maximum Gasteiger partial charge on any atom is 0.113 e. The maximum atomic E-state index is 2.64. The Labute approximate surface area is 234 Å². The smallest absolute Gasteiger partial charge is 0.113 e. The SMILES string of the molecule is Cc1ccc(N(c2ccc(C)cc2)c2ccc3c(c2)[Si](C)(C)c2cc4c(cc2-3)-c2ccccc2[Si]4(C)C)cc1. The van der Waals surface area contributed by atoms with Crippen molar-refractivity contribution in [2.45, 2.75) is 40.0 Å². The topological polar surface area (TPSA) is 3.24 Å². The summed E-state index contributed by atoms with van der Waals surface area (Å²) in [4.78, 5) is 2.42. The summed E-state index contributed by atoms with van der Waals surface area (Å²) in [5.74, 6) is 0. The van der Waals surface area contributed by atoms with Gasteiger partial charge in [0.1, 0.15) is 16.1 Å². The quantitative estimate of drug-likeness (QED) is 0.217. The molecule has 0 spiro atoms. The van der Waals surface area contributed by atoms with Crippen LogP contribution < -0.4 is 25.6 Å². The van der Waals surface area contributed by atoms with Crippen molar-refractivity contribution in [2.24, 2.45) is 0 Å². The normalized spacial score (nSPS) is 15.3. The van der Waals surface area contributed by atoms with Crippen LogP contribution in [0.15, 0.2) is 103 Å². The predicted molar refractivity (Wildman–Crippen MR) is 175 cm³/mol. The van der Waals surface area contributed by atoms with Crippen molar-refractivity contribution < 1.29 is 0 Å². The van der Waals surface area contributed by atoms with Gasteiger partial charge in [0.2, 0.25) is 0 Å². The second-order valence-corrected chi connectivity index (χ2v) is 21.1. The van der Waals surface area contributed by atoms with E-state index in [-0.39, 0.29) is 0 Å². The fraction of sp³-hybridized carbons (Fsp3) is 0.167. The van der Waals surface area contributed by atoms with E-state index < -0.39 is 16.1 Å². The van der Waals surface area contributed by atoms with Crippen LogP contribution >= 0.6 is 0 Å². The molecular formula is C36H35NSi2. The molecule has 0 radical (unpaired) electrons. The van der Waals surface area contributed by atoms with E-state index in [1.54, 1.807) is 20.7 Å². The van der Waals surface area contributed by atoms with Crippen molar-refractivity contribution >= 4 is 54.0 Å². The first kappa shape index (κ1) is 24.4. The molecule has 0 fully saturated rings. The van der Waals surface area contributed by atoms with E-state index in [1.807, 2.05) is 0 Å². The van der Waals surface area contributed by atoms with Crippen molar-refractivity contribution in [3.05, 3.63) is 114 Å². The molecular weight excluding hydrogens is 503 g/mol. The zero-order chi connectivity index (χ0) is 27.1. The molecule has 2 aliphatic rings. The first-order chi connectivity index (χ1) is 18.7. The van der Waals surface area contributed by atoms with E-state index in [2.05, 4.69) is 148 Å². The second kappa shape index (κ2) is 8.41. The third-order valence-electron chi connectivity index (χ3n) is 9.20. The molecule has 3 heteroatoms. The first-order valence-corrected chi connectivity index (χ1v) is 20.0. The molecule has 5 aromatic rings. The van der Waals surface area contributed by atoms with Gasteiger partial charge in [-0.15, -0.1) is 0 Å². The van der Waals surface area contributed by atoms with Gasteiger partial charge in [-0.05, 0) is 99.3 Å². The van der Waals surface area contributed by atoms with Gasteiger partial charge in [-0.2, -0.15) is 0 Å². The lowest BCUT2D eigenvalue weighted by Gasteiger charge is -2.28. The first-order valence-electron chi connectivity index (χ1n) is 14.0. The lowest BCUT2D eigenvalue weighted by molar-refractivity contribution is 1.27. The van der Waals surface area contributed by atoms with Gasteiger partial charge in [-0.1, -0.05) is 98.0 Å². The summed E-state index contributed by atoms with van der Waals surface area (Å²) in [5, 5.41) is 6.37. The molecule has 1 nitrogen and oxygen atoms in total. The Balaban J connectivity index is 1.40.